The summed E-state index contributed by atoms with van der Waals surface area (Å²) < 4.78 is 5.69. The van der Waals surface area contributed by atoms with Gasteiger partial charge in [0.25, 0.3) is 5.91 Å². The molecule has 3 aromatic carbocycles. The lowest BCUT2D eigenvalue weighted by molar-refractivity contribution is -0.125. The first-order chi connectivity index (χ1) is 17.4. The molecule has 2 aliphatic rings. The van der Waals surface area contributed by atoms with Crippen LogP contribution in [-0.2, 0) is 10.3 Å². The van der Waals surface area contributed by atoms with Gasteiger partial charge in [-0.1, -0.05) is 48.5 Å². The number of H-pyrrole nitrogens is 1. The molecule has 180 valence electrons. The molecule has 1 saturated heterocycles. The molecule has 1 aromatic heterocycles. The third-order valence-electron chi connectivity index (χ3n) is 7.55. The Morgan fingerprint density at radius 1 is 1.03 bits per heavy atom. The monoisotopic (exact) mass is 479 g/mol. The number of imide groups is 1. The van der Waals surface area contributed by atoms with Gasteiger partial charge in [-0.2, -0.15) is 0 Å². The normalized spacial score (nSPS) is 21.0. The van der Waals surface area contributed by atoms with E-state index in [1.165, 1.54) is 11.8 Å². The van der Waals surface area contributed by atoms with Crippen molar-refractivity contribution < 1.29 is 19.1 Å². The van der Waals surface area contributed by atoms with Crippen LogP contribution in [0, 0.1) is 0 Å². The number of fused-ring (bicyclic) bond motifs is 5. The van der Waals surface area contributed by atoms with Crippen molar-refractivity contribution in [3.05, 3.63) is 95.2 Å². The van der Waals surface area contributed by atoms with E-state index in [4.69, 9.17) is 4.74 Å². The lowest BCUT2D eigenvalue weighted by Crippen LogP contribution is -2.50. The molecule has 0 saturated carbocycles. The van der Waals surface area contributed by atoms with E-state index in [2.05, 4.69) is 4.98 Å². The minimum absolute atomic E-state index is 0.131. The number of hydrogen-bond acceptors (Lipinski definition) is 4. The molecule has 0 radical (unpaired) electrons. The average Bonchev–Trinajstić information content (AvgIpc) is 3.38. The highest BCUT2D eigenvalue weighted by Gasteiger charge is 2.60. The summed E-state index contributed by atoms with van der Waals surface area (Å²) in [5.74, 6) is 0.0421. The van der Waals surface area contributed by atoms with Crippen LogP contribution in [0.1, 0.15) is 46.9 Å². The van der Waals surface area contributed by atoms with E-state index in [0.717, 1.165) is 27.8 Å². The summed E-state index contributed by atoms with van der Waals surface area (Å²) in [5, 5.41) is 1.02. The zero-order valence-electron chi connectivity index (χ0n) is 20.2. The predicted molar refractivity (Wildman–Crippen MR) is 137 cm³/mol. The summed E-state index contributed by atoms with van der Waals surface area (Å²) in [4.78, 5) is 46.3. The highest BCUT2D eigenvalue weighted by molar-refractivity contribution is 6.24. The van der Waals surface area contributed by atoms with Gasteiger partial charge < -0.3 is 14.6 Å². The summed E-state index contributed by atoms with van der Waals surface area (Å²) in [5.41, 5.74) is 3.16. The molecule has 36 heavy (non-hydrogen) atoms. The number of anilines is 1. The smallest absolute Gasteiger partial charge is 0.332 e. The van der Waals surface area contributed by atoms with E-state index < -0.39 is 11.6 Å². The molecule has 7 heteroatoms. The van der Waals surface area contributed by atoms with Crippen LogP contribution in [0.3, 0.4) is 0 Å². The molecule has 0 bridgehead atoms. The van der Waals surface area contributed by atoms with E-state index in [1.54, 1.807) is 43.2 Å². The molecule has 0 aliphatic carbocycles. The molecule has 2 aliphatic heterocycles. The Kier molecular flexibility index (Phi) is 4.80. The van der Waals surface area contributed by atoms with Gasteiger partial charge in [-0.05, 0) is 43.7 Å². The second-order valence-corrected chi connectivity index (χ2v) is 9.47. The van der Waals surface area contributed by atoms with Gasteiger partial charge in [0.2, 0.25) is 0 Å². The quantitative estimate of drug-likeness (QED) is 0.322. The molecular weight excluding hydrogens is 454 g/mol. The fourth-order valence-electron chi connectivity index (χ4n) is 5.72. The standard InChI is InChI=1S/C29H25N3O4/c1-17(33)18-9-8-10-19(15-18)32-27(34)29(2)26-25(21-12-4-6-13-23(21)30-26)22(16-31(29)28(32)35)20-11-5-7-14-24(20)36-3/h4-15,22,30H,16H2,1-3H3/t22-,29-/m0/s1. The zero-order valence-corrected chi connectivity index (χ0v) is 20.2. The number of hydrogen-bond donors (Lipinski definition) is 1. The van der Waals surface area contributed by atoms with Gasteiger partial charge in [0.1, 0.15) is 5.75 Å². The molecule has 7 nitrogen and oxygen atoms in total. The van der Waals surface area contributed by atoms with E-state index >= 15 is 0 Å². The number of methoxy groups -OCH3 is 1. The van der Waals surface area contributed by atoms with Crippen LogP contribution in [-0.4, -0.2) is 41.3 Å². The minimum atomic E-state index is -1.23. The molecule has 2 atom stereocenters. The maximum atomic E-state index is 14.1. The third-order valence-corrected chi connectivity index (χ3v) is 7.55. The maximum Gasteiger partial charge on any atom is 0.332 e. The molecule has 4 aromatic rings. The van der Waals surface area contributed by atoms with Crippen LogP contribution in [0.25, 0.3) is 10.9 Å². The molecule has 3 amide bonds. The number of carbonyl (C=O) groups excluding carboxylic acids is 3. The average molecular weight is 480 g/mol. The van der Waals surface area contributed by atoms with Gasteiger partial charge >= 0.3 is 6.03 Å². The van der Waals surface area contributed by atoms with Gasteiger partial charge in [-0.15, -0.1) is 0 Å². The van der Waals surface area contributed by atoms with Crippen molar-refractivity contribution in [1.29, 1.82) is 0 Å². The zero-order chi connectivity index (χ0) is 25.2. The highest BCUT2D eigenvalue weighted by Crippen LogP contribution is 2.51. The largest absolute Gasteiger partial charge is 0.496 e. The SMILES string of the molecule is COc1ccccc1[C@@H]1CN2C(=O)N(c3cccc(C(C)=O)c3)C(=O)[C@]2(C)c2[nH]c3ccccc3c21. The maximum absolute atomic E-state index is 14.1. The van der Waals surface area contributed by atoms with E-state index in [1.807, 2.05) is 48.5 Å². The third kappa shape index (κ3) is 2.89. The Morgan fingerprint density at radius 3 is 2.56 bits per heavy atom. The van der Waals surface area contributed by atoms with Crippen LogP contribution >= 0.6 is 0 Å². The molecule has 1 fully saturated rings. The van der Waals surface area contributed by atoms with Gasteiger partial charge in [0.15, 0.2) is 11.3 Å². The number of aromatic amines is 1. The molecule has 0 unspecified atom stereocenters. The second-order valence-electron chi connectivity index (χ2n) is 9.47. The van der Waals surface area contributed by atoms with Crippen molar-refractivity contribution in [2.45, 2.75) is 25.3 Å². The first-order valence-electron chi connectivity index (χ1n) is 11.9. The number of Topliss-reactive ketones (excluding diaryl/α,β-unsaturated/α-hetero) is 1. The van der Waals surface area contributed by atoms with Crippen molar-refractivity contribution in [3.63, 3.8) is 0 Å². The fraction of sp³-hybridized carbons (Fsp3) is 0.207. The first kappa shape index (κ1) is 22.1. The molecule has 6 rings (SSSR count). The Hall–Kier alpha value is -4.39. The predicted octanol–water partition coefficient (Wildman–Crippen LogP) is 5.21. The number of carbonyl (C=O) groups is 3. The number of nitrogens with one attached hydrogen (secondary N) is 1. The lowest BCUT2D eigenvalue weighted by atomic mass is 9.78. The Morgan fingerprint density at radius 2 is 1.78 bits per heavy atom. The molecule has 0 spiro atoms. The van der Waals surface area contributed by atoms with Crippen molar-refractivity contribution in [3.8, 4) is 5.75 Å². The summed E-state index contributed by atoms with van der Waals surface area (Å²) in [6.07, 6.45) is 0. The van der Waals surface area contributed by atoms with Gasteiger partial charge in [-0.25, -0.2) is 9.69 Å². The van der Waals surface area contributed by atoms with Crippen molar-refractivity contribution in [2.24, 2.45) is 0 Å². The topological polar surface area (TPSA) is 82.7 Å². The Bertz CT molecular complexity index is 1570. The van der Waals surface area contributed by atoms with Crippen molar-refractivity contribution in [1.82, 2.24) is 9.88 Å². The Balaban J connectivity index is 1.58. The number of aromatic nitrogens is 1. The van der Waals surface area contributed by atoms with Gasteiger partial charge in [0.05, 0.1) is 18.5 Å². The number of ketones is 1. The van der Waals surface area contributed by atoms with E-state index in [-0.39, 0.29) is 17.6 Å². The van der Waals surface area contributed by atoms with Crippen LogP contribution in [0.4, 0.5) is 10.5 Å². The van der Waals surface area contributed by atoms with Crippen LogP contribution in [0.15, 0.2) is 72.8 Å². The van der Waals surface area contributed by atoms with Gasteiger partial charge in [-0.3, -0.25) is 9.59 Å². The summed E-state index contributed by atoms with van der Waals surface area (Å²) in [7, 11) is 1.64. The minimum Gasteiger partial charge on any atom is -0.496 e. The van der Waals surface area contributed by atoms with E-state index in [0.29, 0.717) is 23.5 Å². The molecule has 1 N–H and O–H groups in total. The summed E-state index contributed by atoms with van der Waals surface area (Å²) >= 11 is 0. The number of amides is 3. The van der Waals surface area contributed by atoms with Gasteiger partial charge in [0, 0.05) is 34.5 Å². The number of urea groups is 1. The summed E-state index contributed by atoms with van der Waals surface area (Å²) in [6.45, 7) is 3.57. The molecule has 3 heterocycles. The first-order valence-corrected chi connectivity index (χ1v) is 11.9. The number of nitrogens with zero attached hydrogens (tertiary/aromatic N) is 2. The van der Waals surface area contributed by atoms with Crippen molar-refractivity contribution in [2.75, 3.05) is 18.6 Å². The van der Waals surface area contributed by atoms with E-state index in [9.17, 15) is 14.4 Å². The van der Waals surface area contributed by atoms with Crippen LogP contribution in [0.5, 0.6) is 5.75 Å². The highest BCUT2D eigenvalue weighted by atomic mass is 16.5. The second kappa shape index (κ2) is 7.81. The van der Waals surface area contributed by atoms with Crippen LogP contribution in [0.2, 0.25) is 0 Å². The summed E-state index contributed by atoms with van der Waals surface area (Å²) in [6, 6.07) is 22.0. The lowest BCUT2D eigenvalue weighted by Gasteiger charge is -2.40. The number of ether oxygens (including phenoxy) is 1. The van der Waals surface area contributed by atoms with Crippen molar-refractivity contribution >= 4 is 34.3 Å². The number of para-hydroxylation sites is 2. The number of benzene rings is 3. The number of rotatable bonds is 4. The fourth-order valence-corrected chi connectivity index (χ4v) is 5.72. The molecular formula is C29H25N3O4. The van der Waals surface area contributed by atoms with Crippen LogP contribution < -0.4 is 9.64 Å². The Labute approximate surface area is 208 Å².